The molecule has 0 unspecified atom stereocenters. The lowest BCUT2D eigenvalue weighted by Gasteiger charge is -2.22. The first-order valence-electron chi connectivity index (χ1n) is 9.38. The number of hydrogen-bond donors (Lipinski definition) is 1. The van der Waals surface area contributed by atoms with Gasteiger partial charge in [-0.2, -0.15) is 0 Å². The second kappa shape index (κ2) is 7.64. The number of fused-ring (bicyclic) bond motifs is 2. The van der Waals surface area contributed by atoms with Gasteiger partial charge in [0.1, 0.15) is 0 Å². The van der Waals surface area contributed by atoms with Crippen LogP contribution in [-0.4, -0.2) is 37.0 Å². The molecule has 2 aliphatic heterocycles. The Morgan fingerprint density at radius 3 is 2.52 bits per heavy atom. The third-order valence-corrected chi connectivity index (χ3v) is 6.25. The van der Waals surface area contributed by atoms with Gasteiger partial charge >= 0.3 is 6.03 Å². The van der Waals surface area contributed by atoms with Crippen LogP contribution in [0.4, 0.5) is 16.2 Å². The predicted molar refractivity (Wildman–Crippen MR) is 109 cm³/mol. The fourth-order valence-electron chi connectivity index (χ4n) is 3.56. The number of nitrogens with zero attached hydrogens (tertiary/aromatic N) is 2. The zero-order valence-electron chi connectivity index (χ0n) is 15.4. The van der Waals surface area contributed by atoms with Crippen molar-refractivity contribution in [1.82, 2.24) is 4.90 Å². The van der Waals surface area contributed by atoms with Gasteiger partial charge in [-0.1, -0.05) is 36.7 Å². The minimum absolute atomic E-state index is 0.0344. The maximum atomic E-state index is 12.8. The molecule has 140 valence electrons. The largest absolute Gasteiger partial charge is 0.325 e. The molecule has 0 aromatic heterocycles. The van der Waals surface area contributed by atoms with Crippen LogP contribution in [0.2, 0.25) is 0 Å². The highest BCUT2D eigenvalue weighted by molar-refractivity contribution is 7.99. The molecule has 0 saturated carbocycles. The molecule has 2 aliphatic rings. The molecule has 1 fully saturated rings. The van der Waals surface area contributed by atoms with E-state index in [0.717, 1.165) is 41.4 Å². The molecule has 2 heterocycles. The van der Waals surface area contributed by atoms with Crippen molar-refractivity contribution < 1.29 is 9.59 Å². The number of benzene rings is 2. The molecule has 0 radical (unpaired) electrons. The molecule has 0 aliphatic carbocycles. The maximum Gasteiger partial charge on any atom is 0.321 e. The van der Waals surface area contributed by atoms with Gasteiger partial charge in [0.2, 0.25) is 0 Å². The summed E-state index contributed by atoms with van der Waals surface area (Å²) < 4.78 is 0. The number of likely N-dealkylation sites (tertiary alicyclic amines) is 1. The molecule has 3 amide bonds. The molecule has 1 N–H and O–H groups in total. The standard InChI is InChI=1S/C21H23N3O2S/c1-23-17-14-15(22-21(26)24-12-6-2-3-7-13-24)10-11-19(17)27-18-9-5-4-8-16(18)20(23)25/h4-5,8-11,14H,2-3,6-7,12-13H2,1H3,(H,22,26). The Kier molecular flexibility index (Phi) is 5.07. The van der Waals surface area contributed by atoms with Gasteiger partial charge in [0.15, 0.2) is 0 Å². The van der Waals surface area contributed by atoms with Crippen LogP contribution in [0.3, 0.4) is 0 Å². The Morgan fingerprint density at radius 1 is 1.00 bits per heavy atom. The fourth-order valence-corrected chi connectivity index (χ4v) is 4.65. The topological polar surface area (TPSA) is 52.7 Å². The van der Waals surface area contributed by atoms with Crippen molar-refractivity contribution in [1.29, 1.82) is 0 Å². The van der Waals surface area contributed by atoms with Crippen molar-refractivity contribution in [3.05, 3.63) is 48.0 Å². The summed E-state index contributed by atoms with van der Waals surface area (Å²) in [5.41, 5.74) is 2.24. The average Bonchev–Trinajstić information content (AvgIpc) is 3.02. The number of rotatable bonds is 1. The van der Waals surface area contributed by atoms with Crippen LogP contribution < -0.4 is 10.2 Å². The van der Waals surface area contributed by atoms with E-state index in [-0.39, 0.29) is 11.9 Å². The summed E-state index contributed by atoms with van der Waals surface area (Å²) in [6, 6.07) is 13.4. The second-order valence-corrected chi connectivity index (χ2v) is 8.06. The van der Waals surface area contributed by atoms with E-state index in [1.165, 1.54) is 12.8 Å². The van der Waals surface area contributed by atoms with E-state index in [1.54, 1.807) is 23.7 Å². The smallest absolute Gasteiger partial charge is 0.321 e. The Labute approximate surface area is 163 Å². The van der Waals surface area contributed by atoms with E-state index >= 15 is 0 Å². The van der Waals surface area contributed by atoms with Crippen molar-refractivity contribution in [3.8, 4) is 0 Å². The van der Waals surface area contributed by atoms with Crippen LogP contribution in [-0.2, 0) is 0 Å². The summed E-state index contributed by atoms with van der Waals surface area (Å²) in [6.07, 6.45) is 4.49. The molecule has 0 bridgehead atoms. The van der Waals surface area contributed by atoms with Crippen molar-refractivity contribution in [2.45, 2.75) is 35.5 Å². The molecule has 6 heteroatoms. The lowest BCUT2D eigenvalue weighted by Crippen LogP contribution is -2.35. The monoisotopic (exact) mass is 381 g/mol. The molecular weight excluding hydrogens is 358 g/mol. The predicted octanol–water partition coefficient (Wildman–Crippen LogP) is 4.84. The van der Waals surface area contributed by atoms with E-state index < -0.39 is 0 Å². The van der Waals surface area contributed by atoms with Crippen LogP contribution in [0.15, 0.2) is 52.3 Å². The molecule has 4 rings (SSSR count). The summed E-state index contributed by atoms with van der Waals surface area (Å²) in [6.45, 7) is 1.61. The summed E-state index contributed by atoms with van der Waals surface area (Å²) >= 11 is 1.58. The minimum atomic E-state index is -0.0598. The molecular formula is C21H23N3O2S. The SMILES string of the molecule is CN1C(=O)c2ccccc2Sc2ccc(NC(=O)N3CCCCCC3)cc21. The summed E-state index contributed by atoms with van der Waals surface area (Å²) in [5.74, 6) is -0.0344. The van der Waals surface area contributed by atoms with Gasteiger partial charge in [-0.25, -0.2) is 4.79 Å². The van der Waals surface area contributed by atoms with Crippen LogP contribution >= 0.6 is 11.8 Å². The van der Waals surface area contributed by atoms with Crippen LogP contribution in [0.25, 0.3) is 0 Å². The van der Waals surface area contributed by atoms with E-state index in [1.807, 2.05) is 47.4 Å². The van der Waals surface area contributed by atoms with Crippen molar-refractivity contribution in [3.63, 3.8) is 0 Å². The first-order valence-corrected chi connectivity index (χ1v) is 10.2. The van der Waals surface area contributed by atoms with Gasteiger partial charge in [-0.05, 0) is 43.2 Å². The van der Waals surface area contributed by atoms with Crippen molar-refractivity contribution in [2.75, 3.05) is 30.4 Å². The number of amides is 3. The summed E-state index contributed by atoms with van der Waals surface area (Å²) in [4.78, 5) is 31.0. The van der Waals surface area contributed by atoms with Crippen molar-refractivity contribution in [2.24, 2.45) is 0 Å². The normalized spacial score (nSPS) is 16.9. The molecule has 0 spiro atoms. The van der Waals surface area contributed by atoms with Gasteiger partial charge in [-0.3, -0.25) is 4.79 Å². The Hall–Kier alpha value is -2.47. The number of anilines is 2. The number of urea groups is 1. The Morgan fingerprint density at radius 2 is 1.74 bits per heavy atom. The van der Waals surface area contributed by atoms with Crippen molar-refractivity contribution >= 4 is 35.1 Å². The Bertz CT molecular complexity index is 875. The van der Waals surface area contributed by atoms with E-state index in [2.05, 4.69) is 5.32 Å². The summed E-state index contributed by atoms with van der Waals surface area (Å²) in [5, 5.41) is 3.01. The van der Waals surface area contributed by atoms with E-state index in [9.17, 15) is 9.59 Å². The third kappa shape index (κ3) is 3.67. The van der Waals surface area contributed by atoms with E-state index in [0.29, 0.717) is 11.3 Å². The lowest BCUT2D eigenvalue weighted by molar-refractivity contribution is 0.0990. The van der Waals surface area contributed by atoms with Crippen LogP contribution in [0.1, 0.15) is 36.0 Å². The lowest BCUT2D eigenvalue weighted by atomic mass is 10.2. The van der Waals surface area contributed by atoms with Crippen LogP contribution in [0, 0.1) is 0 Å². The van der Waals surface area contributed by atoms with Gasteiger partial charge in [0.25, 0.3) is 5.91 Å². The van der Waals surface area contributed by atoms with Crippen LogP contribution in [0.5, 0.6) is 0 Å². The molecule has 2 aromatic carbocycles. The number of carbonyl (C=O) groups is 2. The molecule has 5 nitrogen and oxygen atoms in total. The highest BCUT2D eigenvalue weighted by atomic mass is 32.2. The van der Waals surface area contributed by atoms with Gasteiger partial charge in [-0.15, -0.1) is 0 Å². The highest BCUT2D eigenvalue weighted by Gasteiger charge is 2.25. The molecule has 0 atom stereocenters. The molecule has 1 saturated heterocycles. The summed E-state index contributed by atoms with van der Waals surface area (Å²) in [7, 11) is 1.78. The van der Waals surface area contributed by atoms with Gasteiger partial charge < -0.3 is 15.1 Å². The zero-order valence-corrected chi connectivity index (χ0v) is 16.2. The van der Waals surface area contributed by atoms with E-state index in [4.69, 9.17) is 0 Å². The number of hydrogen-bond acceptors (Lipinski definition) is 3. The molecule has 27 heavy (non-hydrogen) atoms. The number of nitrogens with one attached hydrogen (secondary N) is 1. The maximum absolute atomic E-state index is 12.8. The zero-order chi connectivity index (χ0) is 18.8. The minimum Gasteiger partial charge on any atom is -0.325 e. The average molecular weight is 382 g/mol. The quantitative estimate of drug-likeness (QED) is 0.769. The first kappa shape index (κ1) is 17.9. The highest BCUT2D eigenvalue weighted by Crippen LogP contribution is 2.41. The first-order chi connectivity index (χ1) is 13.1. The number of carbonyl (C=O) groups excluding carboxylic acids is 2. The van der Waals surface area contributed by atoms with Gasteiger partial charge in [0, 0.05) is 35.6 Å². The molecule has 2 aromatic rings. The second-order valence-electron chi connectivity index (χ2n) is 6.98. The third-order valence-electron chi connectivity index (χ3n) is 5.11. The Balaban J connectivity index is 1.58. The fraction of sp³-hybridized carbons (Fsp3) is 0.333. The van der Waals surface area contributed by atoms with Gasteiger partial charge in [0.05, 0.1) is 11.3 Å².